The van der Waals surface area contributed by atoms with Crippen LogP contribution in [0.3, 0.4) is 0 Å². The fourth-order valence-corrected chi connectivity index (χ4v) is 2.30. The van der Waals surface area contributed by atoms with Gasteiger partial charge in [0.15, 0.2) is 0 Å². The van der Waals surface area contributed by atoms with Gasteiger partial charge in [0.2, 0.25) is 0 Å². The summed E-state index contributed by atoms with van der Waals surface area (Å²) in [5.74, 6) is -0.986. The first-order valence-corrected chi connectivity index (χ1v) is 6.26. The maximum Gasteiger partial charge on any atom is 0.337 e. The van der Waals surface area contributed by atoms with Gasteiger partial charge >= 0.3 is 5.97 Å². The highest BCUT2D eigenvalue weighted by molar-refractivity contribution is 6.31. The Hall–Kier alpha value is -1.26. The van der Waals surface area contributed by atoms with E-state index in [0.29, 0.717) is 17.3 Å². The lowest BCUT2D eigenvalue weighted by atomic mass is 9.80. The number of nitrogens with one attached hydrogen (secondary N) is 1. The van der Waals surface area contributed by atoms with Gasteiger partial charge < -0.3 is 15.2 Å². The van der Waals surface area contributed by atoms with Crippen molar-refractivity contribution in [3.63, 3.8) is 0 Å². The Balaban J connectivity index is 2.11. The molecule has 2 N–H and O–H groups in total. The van der Waals surface area contributed by atoms with Crippen LogP contribution in [0.15, 0.2) is 18.2 Å². The van der Waals surface area contributed by atoms with E-state index in [2.05, 4.69) is 5.32 Å². The number of carbonyl (C=O) groups is 1. The molecule has 0 heterocycles. The molecule has 4 nitrogen and oxygen atoms in total. The Labute approximate surface area is 111 Å². The van der Waals surface area contributed by atoms with Gasteiger partial charge in [-0.15, -0.1) is 0 Å². The molecule has 18 heavy (non-hydrogen) atoms. The van der Waals surface area contributed by atoms with Gasteiger partial charge in [-0.2, -0.15) is 0 Å². The summed E-state index contributed by atoms with van der Waals surface area (Å²) < 4.78 is 5.48. The van der Waals surface area contributed by atoms with Crippen molar-refractivity contribution < 1.29 is 14.6 Å². The fraction of sp³-hybridized carbons (Fsp3) is 0.462. The predicted octanol–water partition coefficient (Wildman–Crippen LogP) is 3.02. The fourth-order valence-electron chi connectivity index (χ4n) is 2.13. The minimum atomic E-state index is -0.986. The normalized spacial score (nSPS) is 17.0. The van der Waals surface area contributed by atoms with Crippen LogP contribution in [0.5, 0.6) is 0 Å². The summed E-state index contributed by atoms with van der Waals surface area (Å²) in [5.41, 5.74) is 0.624. The van der Waals surface area contributed by atoms with E-state index in [1.54, 1.807) is 19.2 Å². The van der Waals surface area contributed by atoms with Crippen LogP contribution in [-0.4, -0.2) is 30.3 Å². The summed E-state index contributed by atoms with van der Waals surface area (Å²) >= 11 is 5.80. The summed E-state index contributed by atoms with van der Waals surface area (Å²) in [7, 11) is 1.70. The number of carboxylic acids is 1. The number of methoxy groups -OCH3 is 1. The number of aromatic carboxylic acids is 1. The lowest BCUT2D eigenvalue weighted by Crippen LogP contribution is -2.45. The average molecular weight is 270 g/mol. The van der Waals surface area contributed by atoms with Crippen LogP contribution in [0.4, 0.5) is 5.69 Å². The Morgan fingerprint density at radius 2 is 2.28 bits per heavy atom. The van der Waals surface area contributed by atoms with E-state index < -0.39 is 5.97 Å². The summed E-state index contributed by atoms with van der Waals surface area (Å²) in [5, 5.41) is 12.7. The molecule has 1 aliphatic rings. The number of carboxylic acid groups (broad SMARTS) is 1. The van der Waals surface area contributed by atoms with Crippen molar-refractivity contribution >= 4 is 23.3 Å². The highest BCUT2D eigenvalue weighted by atomic mass is 35.5. The van der Waals surface area contributed by atoms with Crippen LogP contribution >= 0.6 is 11.6 Å². The molecule has 2 rings (SSSR count). The third-order valence-electron chi connectivity index (χ3n) is 3.51. The standard InChI is InChI=1S/C13H16ClNO3/c1-18-13(5-2-6-13)8-15-11-4-3-9(14)7-10(11)12(16)17/h3-4,7,15H,2,5-6,8H2,1H3,(H,16,17). The Kier molecular flexibility index (Phi) is 3.78. The number of rotatable bonds is 5. The average Bonchev–Trinajstić information content (AvgIpc) is 2.29. The van der Waals surface area contributed by atoms with Crippen molar-refractivity contribution in [2.45, 2.75) is 24.9 Å². The first-order valence-electron chi connectivity index (χ1n) is 5.88. The van der Waals surface area contributed by atoms with E-state index in [-0.39, 0.29) is 11.2 Å². The molecule has 0 amide bonds. The second kappa shape index (κ2) is 5.16. The number of anilines is 1. The number of hydrogen-bond acceptors (Lipinski definition) is 3. The topological polar surface area (TPSA) is 58.6 Å². The number of hydrogen-bond donors (Lipinski definition) is 2. The van der Waals surface area contributed by atoms with Gasteiger partial charge in [-0.3, -0.25) is 0 Å². The lowest BCUT2D eigenvalue weighted by molar-refractivity contribution is -0.0601. The van der Waals surface area contributed by atoms with Crippen LogP contribution in [0.25, 0.3) is 0 Å². The minimum absolute atomic E-state index is 0.143. The van der Waals surface area contributed by atoms with E-state index >= 15 is 0 Å². The van der Waals surface area contributed by atoms with Gasteiger partial charge in [0.1, 0.15) is 0 Å². The monoisotopic (exact) mass is 269 g/mol. The van der Waals surface area contributed by atoms with Gasteiger partial charge in [-0.25, -0.2) is 4.79 Å². The molecule has 1 saturated carbocycles. The molecule has 0 aromatic heterocycles. The first kappa shape index (κ1) is 13.2. The molecule has 0 spiro atoms. The zero-order chi connectivity index (χ0) is 13.2. The molecule has 1 aromatic rings. The molecule has 98 valence electrons. The molecular weight excluding hydrogens is 254 g/mol. The van der Waals surface area contributed by atoms with E-state index in [9.17, 15) is 4.79 Å². The predicted molar refractivity (Wildman–Crippen MR) is 70.5 cm³/mol. The zero-order valence-corrected chi connectivity index (χ0v) is 11.0. The van der Waals surface area contributed by atoms with Crippen molar-refractivity contribution in [2.75, 3.05) is 19.0 Å². The van der Waals surface area contributed by atoms with Crippen LogP contribution in [0, 0.1) is 0 Å². The van der Waals surface area contributed by atoms with E-state index in [1.807, 2.05) is 0 Å². The maximum absolute atomic E-state index is 11.1. The molecule has 0 saturated heterocycles. The largest absolute Gasteiger partial charge is 0.478 e. The minimum Gasteiger partial charge on any atom is -0.478 e. The molecule has 0 aliphatic heterocycles. The Morgan fingerprint density at radius 3 is 2.78 bits per heavy atom. The van der Waals surface area contributed by atoms with Gasteiger partial charge in [0.25, 0.3) is 0 Å². The van der Waals surface area contributed by atoms with Crippen LogP contribution in [0.1, 0.15) is 29.6 Å². The summed E-state index contributed by atoms with van der Waals surface area (Å²) in [4.78, 5) is 11.1. The highest BCUT2D eigenvalue weighted by Crippen LogP contribution is 2.35. The van der Waals surface area contributed by atoms with E-state index in [1.165, 1.54) is 6.07 Å². The Morgan fingerprint density at radius 1 is 1.56 bits per heavy atom. The number of benzene rings is 1. The Bertz CT molecular complexity index is 452. The molecule has 1 fully saturated rings. The third kappa shape index (κ3) is 2.60. The van der Waals surface area contributed by atoms with Gasteiger partial charge in [0.05, 0.1) is 11.2 Å². The summed E-state index contributed by atoms with van der Waals surface area (Å²) in [6.45, 7) is 0.616. The molecule has 5 heteroatoms. The zero-order valence-electron chi connectivity index (χ0n) is 10.2. The SMILES string of the molecule is COC1(CNc2ccc(Cl)cc2C(=O)O)CCC1. The molecule has 1 aromatic carbocycles. The van der Waals surface area contributed by atoms with Gasteiger partial charge in [-0.1, -0.05) is 11.6 Å². The summed E-state index contributed by atoms with van der Waals surface area (Å²) in [6, 6.07) is 4.82. The first-order chi connectivity index (χ1) is 8.56. The van der Waals surface area contributed by atoms with Crippen LogP contribution in [0.2, 0.25) is 5.02 Å². The van der Waals surface area contributed by atoms with Crippen LogP contribution in [-0.2, 0) is 4.74 Å². The molecule has 0 radical (unpaired) electrons. The third-order valence-corrected chi connectivity index (χ3v) is 3.75. The summed E-state index contributed by atoms with van der Waals surface area (Å²) in [6.07, 6.45) is 3.17. The van der Waals surface area contributed by atoms with Gasteiger partial charge in [-0.05, 0) is 37.5 Å². The van der Waals surface area contributed by atoms with Crippen molar-refractivity contribution in [2.24, 2.45) is 0 Å². The highest BCUT2D eigenvalue weighted by Gasteiger charge is 2.36. The van der Waals surface area contributed by atoms with Crippen molar-refractivity contribution in [3.8, 4) is 0 Å². The molecule has 0 bridgehead atoms. The number of ether oxygens (including phenoxy) is 1. The smallest absolute Gasteiger partial charge is 0.337 e. The number of halogens is 1. The molecule has 1 aliphatic carbocycles. The molecule has 0 atom stereocenters. The quantitative estimate of drug-likeness (QED) is 0.863. The van der Waals surface area contributed by atoms with Gasteiger partial charge in [0, 0.05) is 24.4 Å². The second-order valence-corrected chi connectivity index (χ2v) is 5.03. The second-order valence-electron chi connectivity index (χ2n) is 4.59. The van der Waals surface area contributed by atoms with Crippen LogP contribution < -0.4 is 5.32 Å². The van der Waals surface area contributed by atoms with Crippen molar-refractivity contribution in [1.29, 1.82) is 0 Å². The van der Waals surface area contributed by atoms with Crippen molar-refractivity contribution in [3.05, 3.63) is 28.8 Å². The van der Waals surface area contributed by atoms with E-state index in [4.69, 9.17) is 21.4 Å². The van der Waals surface area contributed by atoms with E-state index in [0.717, 1.165) is 19.3 Å². The maximum atomic E-state index is 11.1. The van der Waals surface area contributed by atoms with Crippen molar-refractivity contribution in [1.82, 2.24) is 0 Å². The lowest BCUT2D eigenvalue weighted by Gasteiger charge is -2.40. The molecular formula is C13H16ClNO3. The molecule has 0 unspecified atom stereocenters.